The molecule has 0 radical (unpaired) electrons. The maximum Gasteiger partial charge on any atom is 0.192 e. The van der Waals surface area contributed by atoms with E-state index < -0.39 is 0 Å². The molecule has 3 aromatic rings. The molecule has 1 unspecified atom stereocenters. The number of thioether (sulfide) groups is 1. The Morgan fingerprint density at radius 3 is 2.67 bits per heavy atom. The first-order chi connectivity index (χ1) is 13.2. The number of hydrogen-bond donors (Lipinski definition) is 0. The van der Waals surface area contributed by atoms with Crippen molar-refractivity contribution in [1.82, 2.24) is 14.8 Å². The molecule has 1 aliphatic heterocycles. The molecular weight excluding hydrogens is 362 g/mol. The molecule has 1 atom stereocenters. The summed E-state index contributed by atoms with van der Waals surface area (Å²) in [5, 5.41) is 9.53. The van der Waals surface area contributed by atoms with Crippen LogP contribution in [0.25, 0.3) is 0 Å². The number of aryl methyl sites for hydroxylation is 1. The summed E-state index contributed by atoms with van der Waals surface area (Å²) in [5.41, 5.74) is 1.27. The van der Waals surface area contributed by atoms with Crippen molar-refractivity contribution in [2.24, 2.45) is 7.05 Å². The Kier molecular flexibility index (Phi) is 5.20. The highest BCUT2D eigenvalue weighted by Gasteiger charge is 2.27. The minimum Gasteiger partial charge on any atom is -0.497 e. The highest BCUT2D eigenvalue weighted by Crippen LogP contribution is 2.35. The average molecular weight is 383 g/mol. The standard InChI is InChI=1S/C20H21N3O3S/c1-23-19(18-13-25-16-5-3-4-6-17(16)26-18)21-22-20(23)27-12-11-14-7-9-15(24-2)10-8-14/h3-10,18H,11-13H2,1-2H3. The molecule has 0 aliphatic carbocycles. The highest BCUT2D eigenvalue weighted by atomic mass is 32.2. The number of hydrogen-bond acceptors (Lipinski definition) is 6. The van der Waals surface area contributed by atoms with Gasteiger partial charge in [-0.1, -0.05) is 36.0 Å². The van der Waals surface area contributed by atoms with Crippen LogP contribution in [0, 0.1) is 0 Å². The topological polar surface area (TPSA) is 58.4 Å². The molecule has 1 aliphatic rings. The number of fused-ring (bicyclic) bond motifs is 1. The molecule has 0 fully saturated rings. The molecule has 1 aromatic heterocycles. The molecule has 0 amide bonds. The molecule has 7 heteroatoms. The van der Waals surface area contributed by atoms with Gasteiger partial charge in [0.1, 0.15) is 12.4 Å². The quantitative estimate of drug-likeness (QED) is 0.606. The molecule has 6 nitrogen and oxygen atoms in total. The first-order valence-corrected chi connectivity index (χ1v) is 9.76. The maximum absolute atomic E-state index is 6.04. The fourth-order valence-electron chi connectivity index (χ4n) is 2.93. The highest BCUT2D eigenvalue weighted by molar-refractivity contribution is 7.99. The lowest BCUT2D eigenvalue weighted by Crippen LogP contribution is -2.24. The van der Waals surface area contributed by atoms with Gasteiger partial charge in [0.15, 0.2) is 28.6 Å². The van der Waals surface area contributed by atoms with Crippen molar-refractivity contribution in [3.05, 3.63) is 59.9 Å². The monoisotopic (exact) mass is 383 g/mol. The summed E-state index contributed by atoms with van der Waals surface area (Å²) in [6, 6.07) is 15.8. The van der Waals surface area contributed by atoms with Gasteiger partial charge in [0.2, 0.25) is 0 Å². The van der Waals surface area contributed by atoms with Gasteiger partial charge in [-0.3, -0.25) is 0 Å². The minimum absolute atomic E-state index is 0.256. The number of rotatable bonds is 6. The number of benzene rings is 2. The van der Waals surface area contributed by atoms with Gasteiger partial charge in [0.05, 0.1) is 7.11 Å². The lowest BCUT2D eigenvalue weighted by atomic mass is 10.2. The van der Waals surface area contributed by atoms with Crippen molar-refractivity contribution in [2.75, 3.05) is 19.5 Å². The molecule has 0 saturated heterocycles. The van der Waals surface area contributed by atoms with E-state index in [1.54, 1.807) is 18.9 Å². The summed E-state index contributed by atoms with van der Waals surface area (Å²) in [7, 11) is 3.64. The number of ether oxygens (including phenoxy) is 3. The molecule has 2 aromatic carbocycles. The zero-order chi connectivity index (χ0) is 18.6. The molecule has 27 heavy (non-hydrogen) atoms. The molecule has 2 heterocycles. The van der Waals surface area contributed by atoms with Crippen molar-refractivity contribution in [3.63, 3.8) is 0 Å². The van der Waals surface area contributed by atoms with Crippen molar-refractivity contribution < 1.29 is 14.2 Å². The predicted octanol–water partition coefficient (Wildman–Crippen LogP) is 3.67. The van der Waals surface area contributed by atoms with Gasteiger partial charge in [0.25, 0.3) is 0 Å². The van der Waals surface area contributed by atoms with Crippen LogP contribution in [-0.4, -0.2) is 34.2 Å². The van der Waals surface area contributed by atoms with E-state index in [9.17, 15) is 0 Å². The predicted molar refractivity (Wildman–Crippen MR) is 104 cm³/mol. The van der Waals surface area contributed by atoms with Crippen LogP contribution in [0.5, 0.6) is 17.2 Å². The van der Waals surface area contributed by atoms with Crippen LogP contribution in [0.3, 0.4) is 0 Å². The summed E-state index contributed by atoms with van der Waals surface area (Å²) >= 11 is 1.68. The SMILES string of the molecule is COc1ccc(CCSc2nnc(C3COc4ccccc4O3)n2C)cc1. The normalized spacial score (nSPS) is 15.6. The minimum atomic E-state index is -0.256. The Hall–Kier alpha value is -2.67. The maximum atomic E-state index is 6.04. The Morgan fingerprint density at radius 2 is 1.89 bits per heavy atom. The van der Waals surface area contributed by atoms with Crippen molar-refractivity contribution in [2.45, 2.75) is 17.7 Å². The molecule has 4 rings (SSSR count). The summed E-state index contributed by atoms with van der Waals surface area (Å²) in [6.07, 6.45) is 0.695. The van der Waals surface area contributed by atoms with Crippen LogP contribution in [0.1, 0.15) is 17.5 Å². The second-order valence-corrected chi connectivity index (χ2v) is 7.27. The third kappa shape index (κ3) is 3.88. The van der Waals surface area contributed by atoms with E-state index in [1.165, 1.54) is 5.56 Å². The van der Waals surface area contributed by atoms with E-state index in [-0.39, 0.29) is 6.10 Å². The van der Waals surface area contributed by atoms with Gasteiger partial charge in [-0.25, -0.2) is 0 Å². The molecule has 0 bridgehead atoms. The largest absolute Gasteiger partial charge is 0.497 e. The second-order valence-electron chi connectivity index (χ2n) is 6.21. The van der Waals surface area contributed by atoms with E-state index in [0.29, 0.717) is 6.61 Å². The fraction of sp³-hybridized carbons (Fsp3) is 0.300. The molecule has 0 saturated carbocycles. The molecular formula is C20H21N3O3S. The molecule has 0 spiro atoms. The van der Waals surface area contributed by atoms with Gasteiger partial charge in [-0.15, -0.1) is 10.2 Å². The van der Waals surface area contributed by atoms with E-state index in [4.69, 9.17) is 14.2 Å². The zero-order valence-electron chi connectivity index (χ0n) is 15.3. The Morgan fingerprint density at radius 1 is 1.11 bits per heavy atom. The second kappa shape index (κ2) is 7.92. The van der Waals surface area contributed by atoms with Crippen LogP contribution in [-0.2, 0) is 13.5 Å². The van der Waals surface area contributed by atoms with Gasteiger partial charge < -0.3 is 18.8 Å². The zero-order valence-corrected chi connectivity index (χ0v) is 16.1. The smallest absolute Gasteiger partial charge is 0.192 e. The van der Waals surface area contributed by atoms with Crippen LogP contribution >= 0.6 is 11.8 Å². The van der Waals surface area contributed by atoms with E-state index >= 15 is 0 Å². The van der Waals surface area contributed by atoms with Crippen LogP contribution in [0.4, 0.5) is 0 Å². The number of para-hydroxylation sites is 2. The average Bonchev–Trinajstić information content (AvgIpc) is 3.08. The van der Waals surface area contributed by atoms with Gasteiger partial charge in [-0.05, 0) is 36.2 Å². The van der Waals surface area contributed by atoms with Crippen molar-refractivity contribution in [1.29, 1.82) is 0 Å². The Labute approximate surface area is 162 Å². The third-order valence-corrected chi connectivity index (χ3v) is 5.47. The van der Waals surface area contributed by atoms with Gasteiger partial charge in [0, 0.05) is 12.8 Å². The fourth-order valence-corrected chi connectivity index (χ4v) is 3.84. The Balaban J connectivity index is 1.37. The van der Waals surface area contributed by atoms with Crippen LogP contribution in [0.2, 0.25) is 0 Å². The van der Waals surface area contributed by atoms with E-state index in [1.807, 2.05) is 48.0 Å². The van der Waals surface area contributed by atoms with Crippen LogP contribution in [0.15, 0.2) is 53.7 Å². The van der Waals surface area contributed by atoms with E-state index in [0.717, 1.165) is 40.4 Å². The number of methoxy groups -OCH3 is 1. The first-order valence-electron chi connectivity index (χ1n) is 8.78. The number of nitrogens with zero attached hydrogens (tertiary/aromatic N) is 3. The summed E-state index contributed by atoms with van der Waals surface area (Å²) in [5.74, 6) is 4.08. The first kappa shape index (κ1) is 17.7. The third-order valence-electron chi connectivity index (χ3n) is 4.45. The summed E-state index contributed by atoms with van der Waals surface area (Å²) < 4.78 is 19.0. The lowest BCUT2D eigenvalue weighted by Gasteiger charge is -2.25. The molecule has 0 N–H and O–H groups in total. The van der Waals surface area contributed by atoms with Gasteiger partial charge >= 0.3 is 0 Å². The summed E-state index contributed by atoms with van der Waals surface area (Å²) in [4.78, 5) is 0. The van der Waals surface area contributed by atoms with Crippen molar-refractivity contribution >= 4 is 11.8 Å². The van der Waals surface area contributed by atoms with E-state index in [2.05, 4.69) is 22.3 Å². The lowest BCUT2D eigenvalue weighted by molar-refractivity contribution is 0.0825. The van der Waals surface area contributed by atoms with Crippen molar-refractivity contribution in [3.8, 4) is 17.2 Å². The summed E-state index contributed by atoms with van der Waals surface area (Å²) in [6.45, 7) is 0.430. The molecule has 140 valence electrons. The Bertz CT molecular complexity index is 911. The number of aromatic nitrogens is 3. The van der Waals surface area contributed by atoms with Gasteiger partial charge in [-0.2, -0.15) is 0 Å². The van der Waals surface area contributed by atoms with Crippen LogP contribution < -0.4 is 14.2 Å².